The third-order valence-corrected chi connectivity index (χ3v) is 4.25. The van der Waals surface area contributed by atoms with Gasteiger partial charge in [0.25, 0.3) is 0 Å². The molecule has 0 amide bonds. The van der Waals surface area contributed by atoms with Gasteiger partial charge in [-0.3, -0.25) is 10.00 Å². The number of hydrogen-bond acceptors (Lipinski definition) is 5. The Hall–Kier alpha value is -0.980. The van der Waals surface area contributed by atoms with Gasteiger partial charge in [0.2, 0.25) is 0 Å². The summed E-state index contributed by atoms with van der Waals surface area (Å²) in [5.41, 5.74) is 0. The number of aliphatic hydroxyl groups is 1. The predicted molar refractivity (Wildman–Crippen MR) is 69.5 cm³/mol. The molecule has 2 N–H and O–H groups in total. The van der Waals surface area contributed by atoms with Crippen molar-refractivity contribution in [3.63, 3.8) is 0 Å². The van der Waals surface area contributed by atoms with Gasteiger partial charge in [-0.15, -0.1) is 0 Å². The number of fused-ring (bicyclic) bond motifs is 1. The monoisotopic (exact) mass is 266 g/mol. The lowest BCUT2D eigenvalue weighted by atomic mass is 10.1. The highest BCUT2D eigenvalue weighted by Crippen LogP contribution is 2.34. The van der Waals surface area contributed by atoms with E-state index < -0.39 is 0 Å². The summed E-state index contributed by atoms with van der Waals surface area (Å²) in [7, 11) is 0. The van der Waals surface area contributed by atoms with Gasteiger partial charge in [-0.05, 0) is 18.8 Å². The van der Waals surface area contributed by atoms with Crippen molar-refractivity contribution in [2.75, 3.05) is 19.8 Å². The minimum Gasteiger partial charge on any atom is -0.396 e. The number of ether oxygens (including phenoxy) is 1. The number of rotatable bonds is 4. The number of aromatic nitrogens is 3. The van der Waals surface area contributed by atoms with Crippen molar-refractivity contribution >= 4 is 0 Å². The van der Waals surface area contributed by atoms with Gasteiger partial charge in [0.05, 0.1) is 19.3 Å². The van der Waals surface area contributed by atoms with Gasteiger partial charge < -0.3 is 9.84 Å². The standard InChI is InChI=1S/C13H22N4O2/c1-2-12-14-13(16-15-12)7-17-3-4-19-11-6-9(8-18)5-10(11)17/h9-11,18H,2-8H2,1H3,(H,14,15,16)/t9-,10+,11+/m1/s1. The van der Waals surface area contributed by atoms with E-state index in [2.05, 4.69) is 27.0 Å². The maximum atomic E-state index is 9.32. The molecule has 0 bridgehead atoms. The van der Waals surface area contributed by atoms with Crippen molar-refractivity contribution in [2.45, 2.75) is 44.9 Å². The minimum absolute atomic E-state index is 0.270. The van der Waals surface area contributed by atoms with Crippen LogP contribution in [0.5, 0.6) is 0 Å². The first-order chi connectivity index (χ1) is 9.30. The number of aromatic amines is 1. The fourth-order valence-electron chi connectivity index (χ4n) is 3.23. The number of nitrogens with zero attached hydrogens (tertiary/aromatic N) is 3. The SMILES string of the molecule is CCc1n[nH]c(CN2CCO[C@H]3C[C@H](CO)C[C@@H]32)n1. The van der Waals surface area contributed by atoms with Gasteiger partial charge in [-0.25, -0.2) is 4.98 Å². The molecule has 1 aromatic heterocycles. The molecular formula is C13H22N4O2. The van der Waals surface area contributed by atoms with E-state index in [9.17, 15) is 5.11 Å². The molecule has 0 spiro atoms. The van der Waals surface area contributed by atoms with E-state index in [0.29, 0.717) is 12.0 Å². The van der Waals surface area contributed by atoms with E-state index in [1.54, 1.807) is 0 Å². The number of aliphatic hydroxyl groups excluding tert-OH is 1. The highest BCUT2D eigenvalue weighted by atomic mass is 16.5. The average molecular weight is 266 g/mol. The normalized spacial score (nSPS) is 31.6. The van der Waals surface area contributed by atoms with Crippen molar-refractivity contribution in [1.82, 2.24) is 20.1 Å². The fraction of sp³-hybridized carbons (Fsp3) is 0.846. The molecule has 106 valence electrons. The zero-order valence-electron chi connectivity index (χ0n) is 11.4. The molecule has 19 heavy (non-hydrogen) atoms. The summed E-state index contributed by atoms with van der Waals surface area (Å²) >= 11 is 0. The third kappa shape index (κ3) is 2.66. The number of nitrogens with one attached hydrogen (secondary N) is 1. The van der Waals surface area contributed by atoms with Gasteiger partial charge in [-0.1, -0.05) is 6.92 Å². The molecule has 1 aliphatic heterocycles. The molecule has 2 heterocycles. The van der Waals surface area contributed by atoms with E-state index in [4.69, 9.17) is 4.74 Å². The summed E-state index contributed by atoms with van der Waals surface area (Å²) in [5, 5.41) is 16.5. The quantitative estimate of drug-likeness (QED) is 0.822. The summed E-state index contributed by atoms with van der Waals surface area (Å²) in [4.78, 5) is 6.90. The summed E-state index contributed by atoms with van der Waals surface area (Å²) in [6, 6.07) is 0.418. The first-order valence-corrected chi connectivity index (χ1v) is 7.16. The molecule has 6 heteroatoms. The zero-order valence-corrected chi connectivity index (χ0v) is 11.4. The van der Waals surface area contributed by atoms with Gasteiger partial charge >= 0.3 is 0 Å². The highest BCUT2D eigenvalue weighted by molar-refractivity contribution is 4.97. The van der Waals surface area contributed by atoms with E-state index in [1.165, 1.54) is 0 Å². The second kappa shape index (κ2) is 5.56. The van der Waals surface area contributed by atoms with Gasteiger partial charge in [-0.2, -0.15) is 5.10 Å². The van der Waals surface area contributed by atoms with Crippen LogP contribution in [0.15, 0.2) is 0 Å². The van der Waals surface area contributed by atoms with Crippen molar-refractivity contribution in [3.8, 4) is 0 Å². The lowest BCUT2D eigenvalue weighted by Crippen LogP contribution is -2.48. The van der Waals surface area contributed by atoms with Gasteiger partial charge in [0.1, 0.15) is 11.6 Å². The average Bonchev–Trinajstić information content (AvgIpc) is 3.05. The van der Waals surface area contributed by atoms with Crippen molar-refractivity contribution < 1.29 is 9.84 Å². The van der Waals surface area contributed by atoms with Crippen LogP contribution in [-0.4, -0.2) is 57.1 Å². The number of H-pyrrole nitrogens is 1. The lowest BCUT2D eigenvalue weighted by molar-refractivity contribution is -0.0598. The largest absolute Gasteiger partial charge is 0.396 e. The Morgan fingerprint density at radius 3 is 3.11 bits per heavy atom. The molecule has 3 atom stereocenters. The molecule has 1 saturated heterocycles. The first-order valence-electron chi connectivity index (χ1n) is 7.16. The van der Waals surface area contributed by atoms with Crippen LogP contribution in [-0.2, 0) is 17.7 Å². The summed E-state index contributed by atoms with van der Waals surface area (Å²) in [6.07, 6.45) is 3.14. The van der Waals surface area contributed by atoms with Crippen LogP contribution in [0.4, 0.5) is 0 Å². The number of hydrogen-bond donors (Lipinski definition) is 2. The Kier molecular flexibility index (Phi) is 3.81. The maximum Gasteiger partial charge on any atom is 0.150 e. The second-order valence-corrected chi connectivity index (χ2v) is 5.52. The Balaban J connectivity index is 1.66. The van der Waals surface area contributed by atoms with E-state index in [1.807, 2.05) is 0 Å². The highest BCUT2D eigenvalue weighted by Gasteiger charge is 2.40. The molecule has 6 nitrogen and oxygen atoms in total. The summed E-state index contributed by atoms with van der Waals surface area (Å²) in [5.74, 6) is 2.20. The Labute approximate surface area is 113 Å². The van der Waals surface area contributed by atoms with Crippen LogP contribution in [0.3, 0.4) is 0 Å². The smallest absolute Gasteiger partial charge is 0.150 e. The molecule has 0 unspecified atom stereocenters. The maximum absolute atomic E-state index is 9.32. The Bertz CT molecular complexity index is 423. The van der Waals surface area contributed by atoms with Crippen molar-refractivity contribution in [2.24, 2.45) is 5.92 Å². The first kappa shape index (κ1) is 13.0. The molecule has 0 radical (unpaired) electrons. The molecular weight excluding hydrogens is 244 g/mol. The molecule has 1 aliphatic carbocycles. The van der Waals surface area contributed by atoms with Crippen LogP contribution < -0.4 is 0 Å². The lowest BCUT2D eigenvalue weighted by Gasteiger charge is -2.36. The second-order valence-electron chi connectivity index (χ2n) is 5.52. The van der Waals surface area contributed by atoms with E-state index in [0.717, 1.165) is 50.6 Å². The van der Waals surface area contributed by atoms with Crippen LogP contribution in [0.1, 0.15) is 31.4 Å². The van der Waals surface area contributed by atoms with E-state index in [-0.39, 0.29) is 12.7 Å². The molecule has 1 saturated carbocycles. The molecule has 2 aliphatic rings. The Morgan fingerprint density at radius 2 is 2.37 bits per heavy atom. The van der Waals surface area contributed by atoms with Crippen LogP contribution in [0.2, 0.25) is 0 Å². The summed E-state index contributed by atoms with van der Waals surface area (Å²) < 4.78 is 5.83. The van der Waals surface area contributed by atoms with Crippen LogP contribution >= 0.6 is 0 Å². The molecule has 2 fully saturated rings. The van der Waals surface area contributed by atoms with Crippen molar-refractivity contribution in [3.05, 3.63) is 11.6 Å². The Morgan fingerprint density at radius 1 is 1.47 bits per heavy atom. The topological polar surface area (TPSA) is 74.3 Å². The predicted octanol–water partition coefficient (Wildman–Crippen LogP) is 0.339. The summed E-state index contributed by atoms with van der Waals surface area (Å²) in [6.45, 7) is 4.83. The molecule has 3 rings (SSSR count). The molecule has 0 aromatic carbocycles. The van der Waals surface area contributed by atoms with Crippen molar-refractivity contribution in [1.29, 1.82) is 0 Å². The third-order valence-electron chi connectivity index (χ3n) is 4.25. The van der Waals surface area contributed by atoms with Crippen LogP contribution in [0, 0.1) is 5.92 Å². The fourth-order valence-corrected chi connectivity index (χ4v) is 3.23. The number of morpholine rings is 1. The minimum atomic E-state index is 0.270. The van der Waals surface area contributed by atoms with Crippen LogP contribution in [0.25, 0.3) is 0 Å². The van der Waals surface area contributed by atoms with Gasteiger partial charge in [0.15, 0.2) is 0 Å². The van der Waals surface area contributed by atoms with Gasteiger partial charge in [0, 0.05) is 25.6 Å². The number of aryl methyl sites for hydroxylation is 1. The molecule has 1 aromatic rings. The zero-order chi connectivity index (χ0) is 13.2. The van der Waals surface area contributed by atoms with E-state index >= 15 is 0 Å².